The van der Waals surface area contributed by atoms with Crippen molar-refractivity contribution in [1.82, 2.24) is 9.55 Å². The first-order valence-corrected chi connectivity index (χ1v) is 9.04. The lowest BCUT2D eigenvalue weighted by molar-refractivity contribution is 0.293. The lowest BCUT2D eigenvalue weighted by Gasteiger charge is -2.12. The molecule has 2 rings (SSSR count). The predicted molar refractivity (Wildman–Crippen MR) is 85.7 cm³/mol. The maximum atomic E-state index is 11.3. The third kappa shape index (κ3) is 4.06. The molecule has 0 radical (unpaired) electrons. The number of halogens is 2. The summed E-state index contributed by atoms with van der Waals surface area (Å²) >= 11 is 6.58. The van der Waals surface area contributed by atoms with Crippen LogP contribution in [-0.4, -0.2) is 24.6 Å². The Balaban J connectivity index is 2.12. The van der Waals surface area contributed by atoms with Gasteiger partial charge in [0.05, 0.1) is 20.4 Å². The van der Waals surface area contributed by atoms with Crippen molar-refractivity contribution in [1.29, 1.82) is 0 Å². The topological polar surface area (TPSA) is 87.2 Å². The number of benzene rings is 1. The molecule has 0 fully saturated rings. The van der Waals surface area contributed by atoms with E-state index < -0.39 is 10.0 Å². The predicted octanol–water partition coefficient (Wildman–Crippen LogP) is 2.44. The van der Waals surface area contributed by atoms with Gasteiger partial charge in [-0.1, -0.05) is 0 Å². The van der Waals surface area contributed by atoms with Gasteiger partial charge >= 0.3 is 0 Å². The first-order valence-electron chi connectivity index (χ1n) is 5.91. The standard InChI is InChI=1S/C12H13Br2N3O3S/c1-8-16-2-3-17(8)4-5-20-12-10(13)6-9(7-11(12)14)21(15,18)19/h2-3,6-7H,4-5H2,1H3,(H2,15,18,19). The summed E-state index contributed by atoms with van der Waals surface area (Å²) in [7, 11) is -3.75. The molecule has 0 aliphatic rings. The van der Waals surface area contributed by atoms with E-state index in [1.807, 2.05) is 17.7 Å². The fraction of sp³-hybridized carbons (Fsp3) is 0.250. The molecule has 1 aromatic carbocycles. The van der Waals surface area contributed by atoms with Crippen LogP contribution in [-0.2, 0) is 16.6 Å². The second-order valence-corrected chi connectivity index (χ2v) is 7.55. The van der Waals surface area contributed by atoms with Gasteiger partial charge in [0, 0.05) is 12.4 Å². The maximum Gasteiger partial charge on any atom is 0.238 e. The molecule has 114 valence electrons. The minimum absolute atomic E-state index is 0.0130. The molecule has 1 aromatic heterocycles. The molecule has 0 saturated heterocycles. The summed E-state index contributed by atoms with van der Waals surface area (Å²) in [5, 5.41) is 5.11. The number of nitrogens with two attached hydrogens (primary N) is 1. The molecule has 0 aliphatic carbocycles. The zero-order valence-electron chi connectivity index (χ0n) is 11.1. The van der Waals surface area contributed by atoms with E-state index in [1.165, 1.54) is 12.1 Å². The molecule has 0 atom stereocenters. The van der Waals surface area contributed by atoms with Gasteiger partial charge in [0.2, 0.25) is 10.0 Å². The van der Waals surface area contributed by atoms with Crippen LogP contribution in [0.5, 0.6) is 5.75 Å². The molecule has 0 unspecified atom stereocenters. The van der Waals surface area contributed by atoms with Crippen molar-refractivity contribution in [3.63, 3.8) is 0 Å². The van der Waals surface area contributed by atoms with Crippen LogP contribution in [0.25, 0.3) is 0 Å². The average Bonchev–Trinajstić information content (AvgIpc) is 2.77. The Morgan fingerprint density at radius 3 is 2.43 bits per heavy atom. The lowest BCUT2D eigenvalue weighted by atomic mass is 10.3. The van der Waals surface area contributed by atoms with Crippen molar-refractivity contribution in [3.8, 4) is 5.75 Å². The third-order valence-corrected chi connectivity index (χ3v) is 4.87. The van der Waals surface area contributed by atoms with Gasteiger partial charge in [-0.2, -0.15) is 0 Å². The first kappa shape index (κ1) is 16.5. The quantitative estimate of drug-likeness (QED) is 0.776. The minimum Gasteiger partial charge on any atom is -0.489 e. The second-order valence-electron chi connectivity index (χ2n) is 4.28. The molecule has 9 heteroatoms. The van der Waals surface area contributed by atoms with E-state index in [0.29, 0.717) is 27.8 Å². The number of sulfonamides is 1. The number of aryl methyl sites for hydroxylation is 1. The van der Waals surface area contributed by atoms with Crippen molar-refractivity contribution >= 4 is 41.9 Å². The van der Waals surface area contributed by atoms with Gasteiger partial charge in [-0.15, -0.1) is 0 Å². The number of aromatic nitrogens is 2. The fourth-order valence-electron chi connectivity index (χ4n) is 1.72. The van der Waals surface area contributed by atoms with Crippen LogP contribution in [0.1, 0.15) is 5.82 Å². The molecular formula is C12H13Br2N3O3S. The van der Waals surface area contributed by atoms with Crippen molar-refractivity contribution in [2.75, 3.05) is 6.61 Å². The molecule has 0 spiro atoms. The van der Waals surface area contributed by atoms with Gasteiger partial charge in [-0.05, 0) is 50.9 Å². The molecule has 21 heavy (non-hydrogen) atoms. The highest BCUT2D eigenvalue weighted by Gasteiger charge is 2.15. The molecule has 0 aliphatic heterocycles. The largest absolute Gasteiger partial charge is 0.489 e. The summed E-state index contributed by atoms with van der Waals surface area (Å²) in [4.78, 5) is 4.14. The Labute approximate surface area is 139 Å². The maximum absolute atomic E-state index is 11.3. The highest BCUT2D eigenvalue weighted by molar-refractivity contribution is 9.11. The highest BCUT2D eigenvalue weighted by Crippen LogP contribution is 2.35. The number of ether oxygens (including phenoxy) is 1. The van der Waals surface area contributed by atoms with Gasteiger partial charge < -0.3 is 9.30 Å². The number of nitrogens with zero attached hydrogens (tertiary/aromatic N) is 2. The Bertz CT molecular complexity index is 736. The van der Waals surface area contributed by atoms with E-state index in [0.717, 1.165) is 5.82 Å². The number of hydrogen-bond acceptors (Lipinski definition) is 4. The summed E-state index contributed by atoms with van der Waals surface area (Å²) in [6, 6.07) is 2.83. The zero-order chi connectivity index (χ0) is 15.6. The summed E-state index contributed by atoms with van der Waals surface area (Å²) in [6.07, 6.45) is 3.59. The van der Waals surface area contributed by atoms with Crippen LogP contribution in [0, 0.1) is 6.92 Å². The average molecular weight is 439 g/mol. The third-order valence-electron chi connectivity index (χ3n) is 2.80. The van der Waals surface area contributed by atoms with E-state index >= 15 is 0 Å². The van der Waals surface area contributed by atoms with Gasteiger partial charge in [-0.25, -0.2) is 18.5 Å². The second kappa shape index (κ2) is 6.47. The van der Waals surface area contributed by atoms with Gasteiger partial charge in [0.1, 0.15) is 18.2 Å². The smallest absolute Gasteiger partial charge is 0.238 e. The Morgan fingerprint density at radius 1 is 1.33 bits per heavy atom. The molecule has 2 aromatic rings. The van der Waals surface area contributed by atoms with Crippen LogP contribution in [0.3, 0.4) is 0 Å². The van der Waals surface area contributed by atoms with Crippen molar-refractivity contribution in [3.05, 3.63) is 39.3 Å². The molecule has 1 heterocycles. The van der Waals surface area contributed by atoms with Gasteiger partial charge in [0.15, 0.2) is 0 Å². The fourth-order valence-corrected chi connectivity index (χ4v) is 4.01. The van der Waals surface area contributed by atoms with Gasteiger partial charge in [-0.3, -0.25) is 0 Å². The summed E-state index contributed by atoms with van der Waals surface area (Å²) in [5.74, 6) is 1.43. The number of hydrogen-bond donors (Lipinski definition) is 1. The zero-order valence-corrected chi connectivity index (χ0v) is 15.1. The van der Waals surface area contributed by atoms with Crippen molar-refractivity contribution < 1.29 is 13.2 Å². The summed E-state index contributed by atoms with van der Waals surface area (Å²) in [6.45, 7) is 2.97. The number of imidazole rings is 1. The monoisotopic (exact) mass is 437 g/mol. The molecule has 0 amide bonds. The minimum atomic E-state index is -3.75. The Kier molecular flexibility index (Phi) is 5.07. The molecular weight excluding hydrogens is 426 g/mol. The summed E-state index contributed by atoms with van der Waals surface area (Å²) < 4.78 is 31.4. The van der Waals surface area contributed by atoms with E-state index in [1.54, 1.807) is 6.20 Å². The Morgan fingerprint density at radius 2 is 1.95 bits per heavy atom. The van der Waals surface area contributed by atoms with Crippen LogP contribution < -0.4 is 9.88 Å². The Hall–Kier alpha value is -0.900. The van der Waals surface area contributed by atoms with Crippen LogP contribution >= 0.6 is 31.9 Å². The molecule has 0 bridgehead atoms. The van der Waals surface area contributed by atoms with E-state index in [4.69, 9.17) is 9.88 Å². The van der Waals surface area contributed by atoms with Crippen LogP contribution in [0.4, 0.5) is 0 Å². The van der Waals surface area contributed by atoms with Crippen LogP contribution in [0.15, 0.2) is 38.4 Å². The van der Waals surface area contributed by atoms with E-state index in [2.05, 4.69) is 36.8 Å². The molecule has 0 saturated carbocycles. The SMILES string of the molecule is Cc1nccn1CCOc1c(Br)cc(S(N)(=O)=O)cc1Br. The number of rotatable bonds is 5. The highest BCUT2D eigenvalue weighted by atomic mass is 79.9. The molecule has 6 nitrogen and oxygen atoms in total. The van der Waals surface area contributed by atoms with Crippen molar-refractivity contribution in [2.24, 2.45) is 5.14 Å². The first-order chi connectivity index (χ1) is 9.79. The van der Waals surface area contributed by atoms with E-state index in [-0.39, 0.29) is 4.90 Å². The van der Waals surface area contributed by atoms with E-state index in [9.17, 15) is 8.42 Å². The lowest BCUT2D eigenvalue weighted by Crippen LogP contribution is -2.13. The number of primary sulfonamides is 1. The summed E-state index contributed by atoms with van der Waals surface area (Å²) in [5.41, 5.74) is 0. The normalized spacial score (nSPS) is 11.6. The van der Waals surface area contributed by atoms with Crippen LogP contribution in [0.2, 0.25) is 0 Å². The van der Waals surface area contributed by atoms with Gasteiger partial charge in [0.25, 0.3) is 0 Å². The molecule has 2 N–H and O–H groups in total. The van der Waals surface area contributed by atoms with Crippen molar-refractivity contribution in [2.45, 2.75) is 18.4 Å².